The number of rotatable bonds is 0. The topological polar surface area (TPSA) is 0 Å². The minimum absolute atomic E-state index is 0.672. The minimum Gasteiger partial charge on any atom is -0.0770 e. The molecule has 0 heterocycles. The zero-order valence-corrected chi connectivity index (χ0v) is 14.2. The molecule has 3 aliphatic rings. The molecule has 1 aromatic rings. The van der Waals surface area contributed by atoms with Gasteiger partial charge in [0.15, 0.2) is 0 Å². The zero-order valence-electron chi connectivity index (χ0n) is 14.2. The summed E-state index contributed by atoms with van der Waals surface area (Å²) in [6, 6.07) is 7.20. The van der Waals surface area contributed by atoms with E-state index < -0.39 is 0 Å². The first kappa shape index (κ1) is 15.0. The standard InChI is InChI=1S/C23H28/c1-2-4-6-8-18-11-13-21(16-18)22-15-14-20-12-10-19(17-23(20)22)9-7-5-3-1/h10-13,15-18H,1-9,14H2. The average Bonchev–Trinajstić information content (AvgIpc) is 3.18. The number of fused-ring (bicyclic) bond motifs is 3. The molecule has 23 heavy (non-hydrogen) atoms. The first-order valence-electron chi connectivity index (χ1n) is 9.63. The first-order valence-corrected chi connectivity index (χ1v) is 9.63. The van der Waals surface area contributed by atoms with Gasteiger partial charge in [-0.25, -0.2) is 0 Å². The lowest BCUT2D eigenvalue weighted by molar-refractivity contribution is 0.551. The fourth-order valence-electron chi connectivity index (χ4n) is 4.32. The van der Waals surface area contributed by atoms with E-state index >= 15 is 0 Å². The molecule has 0 saturated carbocycles. The van der Waals surface area contributed by atoms with Crippen LogP contribution < -0.4 is 0 Å². The van der Waals surface area contributed by atoms with Crippen molar-refractivity contribution >= 4 is 5.57 Å². The second kappa shape index (κ2) is 6.91. The van der Waals surface area contributed by atoms with Crippen LogP contribution >= 0.6 is 0 Å². The first-order chi connectivity index (χ1) is 11.4. The summed E-state index contributed by atoms with van der Waals surface area (Å²) >= 11 is 0. The normalized spacial score (nSPS) is 24.4. The number of hydrogen-bond acceptors (Lipinski definition) is 0. The summed E-state index contributed by atoms with van der Waals surface area (Å²) in [7, 11) is 0. The smallest absolute Gasteiger partial charge is 0.00410 e. The van der Waals surface area contributed by atoms with E-state index in [1.807, 2.05) is 0 Å². The van der Waals surface area contributed by atoms with E-state index in [0.29, 0.717) is 5.92 Å². The monoisotopic (exact) mass is 304 g/mol. The molecule has 120 valence electrons. The molecule has 0 heteroatoms. The molecule has 0 radical (unpaired) electrons. The van der Waals surface area contributed by atoms with Gasteiger partial charge in [-0.2, -0.15) is 0 Å². The highest BCUT2D eigenvalue weighted by molar-refractivity contribution is 5.87. The van der Waals surface area contributed by atoms with Crippen molar-refractivity contribution in [3.8, 4) is 0 Å². The largest absolute Gasteiger partial charge is 0.0770 e. The van der Waals surface area contributed by atoms with Crippen molar-refractivity contribution in [2.75, 3.05) is 0 Å². The number of aryl methyl sites for hydroxylation is 1. The summed E-state index contributed by atoms with van der Waals surface area (Å²) in [5, 5.41) is 0. The van der Waals surface area contributed by atoms with Gasteiger partial charge in [0, 0.05) is 0 Å². The number of hydrogen-bond donors (Lipinski definition) is 0. The minimum atomic E-state index is 0.672. The van der Waals surface area contributed by atoms with Crippen LogP contribution in [0.25, 0.3) is 5.57 Å². The predicted octanol–water partition coefficient (Wildman–Crippen LogP) is 6.42. The molecule has 0 fully saturated rings. The van der Waals surface area contributed by atoms with Gasteiger partial charge in [-0.1, -0.05) is 81.0 Å². The van der Waals surface area contributed by atoms with Gasteiger partial charge in [0.2, 0.25) is 0 Å². The van der Waals surface area contributed by atoms with Gasteiger partial charge in [-0.05, 0) is 59.4 Å². The molecule has 1 unspecified atom stereocenters. The molecular weight excluding hydrogens is 276 g/mol. The van der Waals surface area contributed by atoms with Crippen LogP contribution in [0.15, 0.2) is 48.1 Å². The van der Waals surface area contributed by atoms with Gasteiger partial charge in [0.1, 0.15) is 0 Å². The number of benzene rings is 1. The van der Waals surface area contributed by atoms with Crippen molar-refractivity contribution in [2.45, 2.75) is 64.2 Å². The van der Waals surface area contributed by atoms with Gasteiger partial charge in [-0.15, -0.1) is 0 Å². The van der Waals surface area contributed by atoms with Crippen LogP contribution in [0.3, 0.4) is 0 Å². The zero-order chi connectivity index (χ0) is 15.5. The molecule has 4 bridgehead atoms. The third-order valence-electron chi connectivity index (χ3n) is 5.72. The lowest BCUT2D eigenvalue weighted by Crippen LogP contribution is -1.93. The lowest BCUT2D eigenvalue weighted by Gasteiger charge is -2.10. The van der Waals surface area contributed by atoms with Crippen molar-refractivity contribution in [1.29, 1.82) is 0 Å². The quantitative estimate of drug-likeness (QED) is 0.519. The van der Waals surface area contributed by atoms with E-state index in [4.69, 9.17) is 0 Å². The van der Waals surface area contributed by atoms with Crippen molar-refractivity contribution < 1.29 is 0 Å². The molecule has 0 aliphatic heterocycles. The SMILES string of the molecule is C1=CC2C=C1C1=CCc3ccc(cc31)CCCCCCCCC2. The molecule has 0 amide bonds. The van der Waals surface area contributed by atoms with E-state index in [-0.39, 0.29) is 0 Å². The van der Waals surface area contributed by atoms with Gasteiger partial charge in [0.25, 0.3) is 0 Å². The summed E-state index contributed by atoms with van der Waals surface area (Å²) in [6.07, 6.45) is 23.3. The summed E-state index contributed by atoms with van der Waals surface area (Å²) < 4.78 is 0. The van der Waals surface area contributed by atoms with E-state index in [1.165, 1.54) is 85.6 Å². The Morgan fingerprint density at radius 1 is 0.870 bits per heavy atom. The van der Waals surface area contributed by atoms with Crippen LogP contribution in [-0.4, -0.2) is 0 Å². The van der Waals surface area contributed by atoms with Crippen molar-refractivity contribution in [3.05, 3.63) is 64.8 Å². The van der Waals surface area contributed by atoms with Crippen LogP contribution in [-0.2, 0) is 12.8 Å². The fraction of sp³-hybridized carbons (Fsp3) is 0.478. The molecule has 0 spiro atoms. The fourth-order valence-corrected chi connectivity index (χ4v) is 4.32. The van der Waals surface area contributed by atoms with Crippen LogP contribution in [0.4, 0.5) is 0 Å². The Morgan fingerprint density at radius 3 is 2.61 bits per heavy atom. The number of allylic oxidation sites excluding steroid dienone is 6. The Kier molecular flexibility index (Phi) is 4.50. The molecule has 0 nitrogen and oxygen atoms in total. The van der Waals surface area contributed by atoms with Crippen molar-refractivity contribution in [1.82, 2.24) is 0 Å². The lowest BCUT2D eigenvalue weighted by atomic mass is 9.94. The van der Waals surface area contributed by atoms with E-state index in [0.717, 1.165) is 6.42 Å². The predicted molar refractivity (Wildman–Crippen MR) is 99.5 cm³/mol. The molecule has 4 rings (SSSR count). The maximum absolute atomic E-state index is 2.51. The molecule has 0 aromatic heterocycles. The van der Waals surface area contributed by atoms with E-state index in [9.17, 15) is 0 Å². The Morgan fingerprint density at radius 2 is 1.70 bits per heavy atom. The summed E-state index contributed by atoms with van der Waals surface area (Å²) in [4.78, 5) is 0. The summed E-state index contributed by atoms with van der Waals surface area (Å²) in [5.41, 5.74) is 7.52. The third-order valence-corrected chi connectivity index (χ3v) is 5.72. The van der Waals surface area contributed by atoms with Gasteiger partial charge < -0.3 is 0 Å². The Labute approximate surface area is 141 Å². The summed E-state index contributed by atoms with van der Waals surface area (Å²) in [6.45, 7) is 0. The van der Waals surface area contributed by atoms with Gasteiger partial charge in [0.05, 0.1) is 0 Å². The average molecular weight is 304 g/mol. The van der Waals surface area contributed by atoms with Crippen molar-refractivity contribution in [3.63, 3.8) is 0 Å². The molecule has 0 saturated heterocycles. The van der Waals surface area contributed by atoms with Crippen LogP contribution in [0.5, 0.6) is 0 Å². The van der Waals surface area contributed by atoms with Gasteiger partial charge in [-0.3, -0.25) is 0 Å². The van der Waals surface area contributed by atoms with Crippen molar-refractivity contribution in [2.24, 2.45) is 5.92 Å². The molecule has 1 atom stereocenters. The molecule has 3 aliphatic carbocycles. The second-order valence-electron chi connectivity index (χ2n) is 7.47. The van der Waals surface area contributed by atoms with E-state index in [2.05, 4.69) is 42.5 Å². The highest BCUT2D eigenvalue weighted by Crippen LogP contribution is 2.37. The summed E-state index contributed by atoms with van der Waals surface area (Å²) in [5.74, 6) is 0.672. The van der Waals surface area contributed by atoms with Crippen LogP contribution in [0.1, 0.15) is 68.1 Å². The molecular formula is C23H28. The molecule has 0 N–H and O–H groups in total. The third kappa shape index (κ3) is 3.37. The maximum atomic E-state index is 2.51. The highest BCUT2D eigenvalue weighted by atomic mass is 14.2. The Hall–Kier alpha value is -1.56. The highest BCUT2D eigenvalue weighted by Gasteiger charge is 2.20. The van der Waals surface area contributed by atoms with E-state index in [1.54, 1.807) is 0 Å². The second-order valence-corrected chi connectivity index (χ2v) is 7.47. The van der Waals surface area contributed by atoms with Crippen LogP contribution in [0, 0.1) is 5.92 Å². The van der Waals surface area contributed by atoms with Gasteiger partial charge >= 0.3 is 0 Å². The Bertz CT molecular complexity index is 657. The van der Waals surface area contributed by atoms with Crippen LogP contribution in [0.2, 0.25) is 0 Å². The molecule has 1 aromatic carbocycles. The maximum Gasteiger partial charge on any atom is -0.00410 e. The Balaban J connectivity index is 1.60.